The molecule has 0 aliphatic rings. The largest absolute Gasteiger partial charge is 0.497 e. The van der Waals surface area contributed by atoms with Crippen LogP contribution in [0.1, 0.15) is 27.9 Å². The second-order valence-corrected chi connectivity index (χ2v) is 7.71. The average molecular weight is 435 g/mol. The topological polar surface area (TPSA) is 78.3 Å². The minimum absolute atomic E-state index is 0.284. The standard InChI is InChI=1S/C23H22N4O3S/c1-27-10-9-24-21(27)20(16-11-17(29-2)13-18(12-16)30-3)26-22(28)19-14-31-23(25-19)15-7-5-4-6-8-15/h4-14,20H,1-3H3,(H,26,28)/t20-/m0/s1. The van der Waals surface area contributed by atoms with Gasteiger partial charge in [0.05, 0.1) is 14.2 Å². The van der Waals surface area contributed by atoms with Crippen LogP contribution in [0.3, 0.4) is 0 Å². The molecule has 1 atom stereocenters. The highest BCUT2D eigenvalue weighted by Gasteiger charge is 2.24. The molecule has 0 saturated carbocycles. The lowest BCUT2D eigenvalue weighted by molar-refractivity contribution is 0.0936. The Bertz CT molecular complexity index is 1160. The molecule has 0 aliphatic heterocycles. The van der Waals surface area contributed by atoms with Gasteiger partial charge in [-0.15, -0.1) is 11.3 Å². The molecule has 8 heteroatoms. The number of carbonyl (C=O) groups excluding carboxylic acids is 1. The molecule has 0 saturated heterocycles. The van der Waals surface area contributed by atoms with Crippen LogP contribution in [-0.2, 0) is 7.05 Å². The number of hydrogen-bond acceptors (Lipinski definition) is 6. The molecule has 0 spiro atoms. The zero-order chi connectivity index (χ0) is 21.8. The highest BCUT2D eigenvalue weighted by atomic mass is 32.1. The van der Waals surface area contributed by atoms with Gasteiger partial charge in [0.15, 0.2) is 0 Å². The zero-order valence-corrected chi connectivity index (χ0v) is 18.2. The van der Waals surface area contributed by atoms with E-state index in [0.29, 0.717) is 23.0 Å². The third-order valence-electron chi connectivity index (χ3n) is 4.86. The van der Waals surface area contributed by atoms with Crippen molar-refractivity contribution in [3.05, 3.63) is 83.4 Å². The van der Waals surface area contributed by atoms with Gasteiger partial charge in [-0.2, -0.15) is 0 Å². The molecular weight excluding hydrogens is 412 g/mol. The summed E-state index contributed by atoms with van der Waals surface area (Å²) in [5, 5.41) is 5.63. The van der Waals surface area contributed by atoms with Crippen molar-refractivity contribution < 1.29 is 14.3 Å². The second-order valence-electron chi connectivity index (χ2n) is 6.85. The first-order chi connectivity index (χ1) is 15.1. The molecule has 0 bridgehead atoms. The summed E-state index contributed by atoms with van der Waals surface area (Å²) < 4.78 is 12.7. The number of amides is 1. The van der Waals surface area contributed by atoms with Crippen molar-refractivity contribution in [3.63, 3.8) is 0 Å². The van der Waals surface area contributed by atoms with Crippen molar-refractivity contribution in [1.82, 2.24) is 19.9 Å². The van der Waals surface area contributed by atoms with Crippen LogP contribution in [0.5, 0.6) is 11.5 Å². The maximum Gasteiger partial charge on any atom is 0.271 e. The van der Waals surface area contributed by atoms with Crippen molar-refractivity contribution in [2.24, 2.45) is 7.05 Å². The molecule has 2 aromatic heterocycles. The maximum atomic E-state index is 13.1. The summed E-state index contributed by atoms with van der Waals surface area (Å²) in [6.07, 6.45) is 3.53. The molecule has 7 nitrogen and oxygen atoms in total. The van der Waals surface area contributed by atoms with Crippen LogP contribution < -0.4 is 14.8 Å². The third kappa shape index (κ3) is 4.44. The Balaban J connectivity index is 1.67. The molecule has 0 fully saturated rings. The van der Waals surface area contributed by atoms with E-state index < -0.39 is 6.04 Å². The van der Waals surface area contributed by atoms with Crippen LogP contribution in [0, 0.1) is 0 Å². The van der Waals surface area contributed by atoms with Crippen LogP contribution in [0.2, 0.25) is 0 Å². The maximum absolute atomic E-state index is 13.1. The summed E-state index contributed by atoms with van der Waals surface area (Å²) in [7, 11) is 5.07. The number of aryl methyl sites for hydroxylation is 1. The number of nitrogens with one attached hydrogen (secondary N) is 1. The van der Waals surface area contributed by atoms with E-state index in [4.69, 9.17) is 9.47 Å². The lowest BCUT2D eigenvalue weighted by Gasteiger charge is -2.20. The molecule has 31 heavy (non-hydrogen) atoms. The van der Waals surface area contributed by atoms with E-state index in [1.165, 1.54) is 11.3 Å². The number of carbonyl (C=O) groups is 1. The van der Waals surface area contributed by atoms with Crippen molar-refractivity contribution in [2.75, 3.05) is 14.2 Å². The van der Waals surface area contributed by atoms with Gasteiger partial charge in [0, 0.05) is 36.5 Å². The summed E-state index contributed by atoms with van der Waals surface area (Å²) in [5.41, 5.74) is 2.13. The van der Waals surface area contributed by atoms with Crippen molar-refractivity contribution in [2.45, 2.75) is 6.04 Å². The third-order valence-corrected chi connectivity index (χ3v) is 5.75. The van der Waals surface area contributed by atoms with Crippen LogP contribution >= 0.6 is 11.3 Å². The number of methoxy groups -OCH3 is 2. The van der Waals surface area contributed by atoms with E-state index >= 15 is 0 Å². The molecular formula is C23H22N4O3S. The highest BCUT2D eigenvalue weighted by Crippen LogP contribution is 2.30. The van der Waals surface area contributed by atoms with E-state index in [9.17, 15) is 4.79 Å². The summed E-state index contributed by atoms with van der Waals surface area (Å²) in [4.78, 5) is 22.1. The smallest absolute Gasteiger partial charge is 0.271 e. The molecule has 0 unspecified atom stereocenters. The van der Waals surface area contributed by atoms with Gasteiger partial charge in [-0.3, -0.25) is 4.79 Å². The highest BCUT2D eigenvalue weighted by molar-refractivity contribution is 7.13. The van der Waals surface area contributed by atoms with E-state index in [1.807, 2.05) is 60.3 Å². The first-order valence-corrected chi connectivity index (χ1v) is 10.5. The Morgan fingerprint density at radius 2 is 1.81 bits per heavy atom. The summed E-state index contributed by atoms with van der Waals surface area (Å²) in [5.74, 6) is 1.65. The van der Waals surface area contributed by atoms with Gasteiger partial charge in [0.1, 0.15) is 34.1 Å². The lowest BCUT2D eigenvalue weighted by Crippen LogP contribution is -2.31. The lowest BCUT2D eigenvalue weighted by atomic mass is 10.0. The van der Waals surface area contributed by atoms with Gasteiger partial charge in [-0.1, -0.05) is 30.3 Å². The van der Waals surface area contributed by atoms with E-state index in [0.717, 1.165) is 16.1 Å². The molecule has 4 rings (SSSR count). The Morgan fingerprint density at radius 1 is 1.10 bits per heavy atom. The van der Waals surface area contributed by atoms with Gasteiger partial charge in [-0.05, 0) is 17.7 Å². The fourth-order valence-corrected chi connectivity index (χ4v) is 4.05. The summed E-state index contributed by atoms with van der Waals surface area (Å²) in [6, 6.07) is 14.8. The number of imidazole rings is 1. The molecule has 158 valence electrons. The van der Waals surface area contributed by atoms with E-state index in [2.05, 4.69) is 15.3 Å². The van der Waals surface area contributed by atoms with Gasteiger partial charge in [-0.25, -0.2) is 9.97 Å². The first-order valence-electron chi connectivity index (χ1n) is 9.61. The number of aromatic nitrogens is 3. The van der Waals surface area contributed by atoms with Crippen LogP contribution in [0.15, 0.2) is 66.3 Å². The van der Waals surface area contributed by atoms with Crippen molar-refractivity contribution in [3.8, 4) is 22.1 Å². The molecule has 2 aromatic carbocycles. The zero-order valence-electron chi connectivity index (χ0n) is 17.4. The van der Waals surface area contributed by atoms with Gasteiger partial charge < -0.3 is 19.4 Å². The monoisotopic (exact) mass is 434 g/mol. The SMILES string of the molecule is COc1cc(OC)cc([C@H](NC(=O)c2csc(-c3ccccc3)n2)c2nccn2C)c1. The Kier molecular flexibility index (Phi) is 5.99. The predicted octanol–water partition coefficient (Wildman–Crippen LogP) is 4.08. The van der Waals surface area contributed by atoms with Crippen LogP contribution in [-0.4, -0.2) is 34.7 Å². The second kappa shape index (κ2) is 9.01. The molecule has 4 aromatic rings. The number of rotatable bonds is 7. The van der Waals surface area contributed by atoms with E-state index in [1.54, 1.807) is 31.9 Å². The number of hydrogen-bond donors (Lipinski definition) is 1. The van der Waals surface area contributed by atoms with Gasteiger partial charge >= 0.3 is 0 Å². The fourth-order valence-electron chi connectivity index (χ4n) is 3.24. The molecule has 0 aliphatic carbocycles. The Hall–Kier alpha value is -3.65. The average Bonchev–Trinajstić information content (AvgIpc) is 3.47. The minimum Gasteiger partial charge on any atom is -0.497 e. The number of ether oxygens (including phenoxy) is 2. The molecule has 2 heterocycles. The Morgan fingerprint density at radius 3 is 2.42 bits per heavy atom. The molecule has 0 radical (unpaired) electrons. The normalized spacial score (nSPS) is 11.7. The number of benzene rings is 2. The minimum atomic E-state index is -0.515. The Labute approximate surface area is 184 Å². The van der Waals surface area contributed by atoms with Crippen molar-refractivity contribution in [1.29, 1.82) is 0 Å². The van der Waals surface area contributed by atoms with Crippen LogP contribution in [0.25, 0.3) is 10.6 Å². The van der Waals surface area contributed by atoms with E-state index in [-0.39, 0.29) is 5.91 Å². The fraction of sp³-hybridized carbons (Fsp3) is 0.174. The summed E-state index contributed by atoms with van der Waals surface area (Å²) >= 11 is 1.43. The number of nitrogens with zero attached hydrogens (tertiary/aromatic N) is 3. The van der Waals surface area contributed by atoms with Gasteiger partial charge in [0.25, 0.3) is 5.91 Å². The summed E-state index contributed by atoms with van der Waals surface area (Å²) in [6.45, 7) is 0. The first kappa shape index (κ1) is 20.6. The van der Waals surface area contributed by atoms with Crippen LogP contribution in [0.4, 0.5) is 0 Å². The number of thiazole rings is 1. The molecule has 1 N–H and O–H groups in total. The molecule has 1 amide bonds. The quantitative estimate of drug-likeness (QED) is 0.474. The predicted molar refractivity (Wildman–Crippen MR) is 120 cm³/mol. The van der Waals surface area contributed by atoms with Crippen molar-refractivity contribution >= 4 is 17.2 Å². The van der Waals surface area contributed by atoms with Gasteiger partial charge in [0.2, 0.25) is 0 Å².